The third-order valence-corrected chi connectivity index (χ3v) is 4.94. The van der Waals surface area contributed by atoms with Crippen LogP contribution in [0.3, 0.4) is 0 Å². The van der Waals surface area contributed by atoms with Crippen molar-refractivity contribution in [2.75, 3.05) is 0 Å². The monoisotopic (exact) mass is 459 g/mol. The van der Waals surface area contributed by atoms with Crippen LogP contribution in [0.15, 0.2) is 0 Å². The number of primary amides is 1. The Kier molecular flexibility index (Phi) is 12.5. The van der Waals surface area contributed by atoms with Crippen LogP contribution < -0.4 is 27.4 Å². The minimum Gasteiger partial charge on any atom is -0.480 e. The van der Waals surface area contributed by atoms with Gasteiger partial charge in [-0.3, -0.25) is 19.2 Å². The van der Waals surface area contributed by atoms with Crippen LogP contribution in [0.1, 0.15) is 53.9 Å². The van der Waals surface area contributed by atoms with Gasteiger partial charge in [-0.15, -0.1) is 0 Å². The molecule has 0 aliphatic heterocycles. The Hall–Kier alpha value is -2.73. The largest absolute Gasteiger partial charge is 0.480 e. The Morgan fingerprint density at radius 2 is 1.41 bits per heavy atom. The maximum Gasteiger partial charge on any atom is 0.326 e. The van der Waals surface area contributed by atoms with E-state index < -0.39 is 72.2 Å². The van der Waals surface area contributed by atoms with Crippen LogP contribution in [0.4, 0.5) is 0 Å². The van der Waals surface area contributed by atoms with E-state index in [1.165, 1.54) is 6.92 Å². The van der Waals surface area contributed by atoms with E-state index in [1.54, 1.807) is 13.8 Å². The van der Waals surface area contributed by atoms with E-state index in [1.807, 2.05) is 13.8 Å². The van der Waals surface area contributed by atoms with Crippen LogP contribution in [-0.2, 0) is 24.0 Å². The highest BCUT2D eigenvalue weighted by Crippen LogP contribution is 2.09. The van der Waals surface area contributed by atoms with Gasteiger partial charge in [-0.1, -0.05) is 34.1 Å². The predicted molar refractivity (Wildman–Crippen MR) is 116 cm³/mol. The minimum absolute atomic E-state index is 0.117. The Labute approximate surface area is 187 Å². The first-order chi connectivity index (χ1) is 14.7. The van der Waals surface area contributed by atoms with E-state index in [0.29, 0.717) is 12.8 Å². The lowest BCUT2D eigenvalue weighted by Crippen LogP contribution is -2.60. The first-order valence-corrected chi connectivity index (χ1v) is 10.6. The fraction of sp³-hybridized carbons (Fsp3) is 0.750. The standard InChI is InChI=1S/C20H37N5O7/c1-6-10(4)15(20(31)32)24-18(29)13(8-14(22)27)23-19(30)16(11(5)26)25-17(28)12(21)7-9(2)3/h9-13,15-16,26H,6-8,21H2,1-5H3,(H2,22,27)(H,23,30)(H,24,29)(H,25,28)(H,31,32). The van der Waals surface area contributed by atoms with Gasteiger partial charge in [-0.05, 0) is 25.2 Å². The Balaban J connectivity index is 5.49. The number of hydrogen-bond donors (Lipinski definition) is 7. The molecule has 6 atom stereocenters. The zero-order chi connectivity index (χ0) is 25.2. The van der Waals surface area contributed by atoms with Crippen molar-refractivity contribution in [3.8, 4) is 0 Å². The van der Waals surface area contributed by atoms with E-state index in [9.17, 15) is 34.2 Å². The number of nitrogens with two attached hydrogens (primary N) is 2. The number of nitrogens with one attached hydrogen (secondary N) is 3. The van der Waals surface area contributed by atoms with E-state index in [4.69, 9.17) is 11.5 Å². The summed E-state index contributed by atoms with van der Waals surface area (Å²) in [5.41, 5.74) is 11.0. The van der Waals surface area contributed by atoms with E-state index >= 15 is 0 Å². The molecule has 0 radical (unpaired) electrons. The van der Waals surface area contributed by atoms with Gasteiger partial charge in [-0.25, -0.2) is 4.79 Å². The van der Waals surface area contributed by atoms with E-state index in [0.717, 1.165) is 0 Å². The number of carbonyl (C=O) groups is 5. The lowest BCUT2D eigenvalue weighted by molar-refractivity contribution is -0.144. The normalized spacial score (nSPS) is 16.8. The number of aliphatic carboxylic acids is 1. The molecule has 6 unspecified atom stereocenters. The smallest absolute Gasteiger partial charge is 0.326 e. The van der Waals surface area contributed by atoms with Crippen LogP contribution >= 0.6 is 0 Å². The lowest BCUT2D eigenvalue weighted by atomic mass is 9.98. The molecule has 9 N–H and O–H groups in total. The van der Waals surface area contributed by atoms with Gasteiger partial charge in [0, 0.05) is 0 Å². The van der Waals surface area contributed by atoms with Crippen molar-refractivity contribution in [3.63, 3.8) is 0 Å². The third kappa shape index (κ3) is 10.1. The maximum atomic E-state index is 12.7. The van der Waals surface area contributed by atoms with Crippen LogP contribution in [0, 0.1) is 11.8 Å². The molecule has 0 fully saturated rings. The summed E-state index contributed by atoms with van der Waals surface area (Å²) >= 11 is 0. The Morgan fingerprint density at radius 3 is 1.81 bits per heavy atom. The maximum absolute atomic E-state index is 12.7. The molecule has 0 saturated heterocycles. The van der Waals surface area contributed by atoms with Gasteiger partial charge < -0.3 is 37.6 Å². The summed E-state index contributed by atoms with van der Waals surface area (Å²) in [5.74, 6) is -5.06. The molecule has 32 heavy (non-hydrogen) atoms. The zero-order valence-corrected chi connectivity index (χ0v) is 19.3. The predicted octanol–water partition coefficient (Wildman–Crippen LogP) is -1.80. The van der Waals surface area contributed by atoms with Crippen LogP contribution in [0.25, 0.3) is 0 Å². The average molecular weight is 460 g/mol. The lowest BCUT2D eigenvalue weighted by Gasteiger charge is -2.27. The van der Waals surface area contributed by atoms with Crippen molar-refractivity contribution in [1.82, 2.24) is 16.0 Å². The number of rotatable bonds is 14. The molecule has 0 heterocycles. The fourth-order valence-electron chi connectivity index (χ4n) is 2.89. The van der Waals surface area contributed by atoms with Crippen molar-refractivity contribution in [3.05, 3.63) is 0 Å². The van der Waals surface area contributed by atoms with Gasteiger partial charge >= 0.3 is 5.97 Å². The molecule has 0 aliphatic rings. The molecule has 12 heteroatoms. The third-order valence-electron chi connectivity index (χ3n) is 4.94. The average Bonchev–Trinajstić information content (AvgIpc) is 2.66. The fourth-order valence-corrected chi connectivity index (χ4v) is 2.89. The number of carboxylic acid groups (broad SMARTS) is 1. The summed E-state index contributed by atoms with van der Waals surface area (Å²) < 4.78 is 0. The van der Waals surface area contributed by atoms with Crippen molar-refractivity contribution < 1.29 is 34.2 Å². The molecule has 184 valence electrons. The van der Waals surface area contributed by atoms with Crippen LogP contribution in [-0.4, -0.2) is 70.1 Å². The molecule has 12 nitrogen and oxygen atoms in total. The van der Waals surface area contributed by atoms with Gasteiger partial charge in [0.05, 0.1) is 18.6 Å². The minimum atomic E-state index is -1.51. The summed E-state index contributed by atoms with van der Waals surface area (Å²) in [6.45, 7) is 8.35. The number of carbonyl (C=O) groups excluding carboxylic acids is 4. The second kappa shape index (κ2) is 13.6. The molecule has 0 spiro atoms. The van der Waals surface area contributed by atoms with Crippen LogP contribution in [0.5, 0.6) is 0 Å². The van der Waals surface area contributed by atoms with Crippen molar-refractivity contribution >= 4 is 29.6 Å². The second-order valence-corrected chi connectivity index (χ2v) is 8.40. The van der Waals surface area contributed by atoms with Gasteiger partial charge in [0.2, 0.25) is 23.6 Å². The summed E-state index contributed by atoms with van der Waals surface area (Å²) in [6.07, 6.45) is -1.16. The number of amides is 4. The van der Waals surface area contributed by atoms with Gasteiger partial charge in [0.25, 0.3) is 0 Å². The molecule has 0 aliphatic carbocycles. The number of aliphatic hydroxyl groups excluding tert-OH is 1. The first kappa shape index (κ1) is 29.3. The Morgan fingerprint density at radius 1 is 0.875 bits per heavy atom. The molecular weight excluding hydrogens is 422 g/mol. The summed E-state index contributed by atoms with van der Waals surface area (Å²) in [4.78, 5) is 60.5. The molecule has 0 aromatic rings. The summed E-state index contributed by atoms with van der Waals surface area (Å²) in [5, 5.41) is 26.2. The molecular formula is C20H37N5O7. The highest BCUT2D eigenvalue weighted by atomic mass is 16.4. The van der Waals surface area contributed by atoms with Gasteiger partial charge in [0.1, 0.15) is 18.1 Å². The van der Waals surface area contributed by atoms with Crippen molar-refractivity contribution in [2.45, 2.75) is 84.2 Å². The summed E-state index contributed by atoms with van der Waals surface area (Å²) in [7, 11) is 0. The van der Waals surface area contributed by atoms with Crippen molar-refractivity contribution in [1.29, 1.82) is 0 Å². The molecule has 0 aromatic heterocycles. The van der Waals surface area contributed by atoms with Crippen LogP contribution in [0.2, 0.25) is 0 Å². The quantitative estimate of drug-likeness (QED) is 0.157. The second-order valence-electron chi connectivity index (χ2n) is 8.40. The highest BCUT2D eigenvalue weighted by molar-refractivity contribution is 5.96. The SMILES string of the molecule is CCC(C)C(NC(=O)C(CC(N)=O)NC(=O)C(NC(=O)C(N)CC(C)C)C(C)O)C(=O)O. The molecule has 4 amide bonds. The van der Waals surface area contributed by atoms with E-state index in [2.05, 4.69) is 16.0 Å². The molecule has 0 saturated carbocycles. The van der Waals surface area contributed by atoms with Gasteiger partial charge in [0.15, 0.2) is 0 Å². The highest BCUT2D eigenvalue weighted by Gasteiger charge is 2.34. The van der Waals surface area contributed by atoms with Gasteiger partial charge in [-0.2, -0.15) is 0 Å². The van der Waals surface area contributed by atoms with Crippen molar-refractivity contribution in [2.24, 2.45) is 23.3 Å². The topological polar surface area (TPSA) is 214 Å². The Bertz CT molecular complexity index is 683. The molecule has 0 aromatic carbocycles. The zero-order valence-electron chi connectivity index (χ0n) is 19.3. The van der Waals surface area contributed by atoms with E-state index in [-0.39, 0.29) is 5.92 Å². The number of carboxylic acids is 1. The molecule has 0 rings (SSSR count). The first-order valence-electron chi connectivity index (χ1n) is 10.6. The summed E-state index contributed by atoms with van der Waals surface area (Å²) in [6, 6.07) is -5.14. The molecule has 0 bridgehead atoms. The number of aliphatic hydroxyl groups is 1. The number of hydrogen-bond acceptors (Lipinski definition) is 7.